The fourth-order valence-corrected chi connectivity index (χ4v) is 2.66. The third-order valence-corrected chi connectivity index (χ3v) is 3.63. The summed E-state index contributed by atoms with van der Waals surface area (Å²) in [5.41, 5.74) is 1.70. The highest BCUT2D eigenvalue weighted by atomic mass is 16.2. The quantitative estimate of drug-likeness (QED) is 0.658. The first-order valence-corrected chi connectivity index (χ1v) is 5.80. The Hall–Kier alpha value is -0.990. The van der Waals surface area contributed by atoms with Crippen molar-refractivity contribution in [2.45, 2.75) is 32.6 Å². The zero-order valence-electron chi connectivity index (χ0n) is 9.68. The molecule has 1 aliphatic heterocycles. The van der Waals surface area contributed by atoms with Crippen molar-refractivity contribution in [1.29, 1.82) is 0 Å². The van der Waals surface area contributed by atoms with E-state index in [4.69, 9.17) is 0 Å². The number of carbonyl (C=O) groups excluding carboxylic acids is 1. The molecule has 0 bridgehead atoms. The first-order valence-electron chi connectivity index (χ1n) is 5.80. The number of hydrogen-bond donors (Lipinski definition) is 1. The van der Waals surface area contributed by atoms with Crippen molar-refractivity contribution in [3.63, 3.8) is 0 Å². The molecule has 1 aliphatic carbocycles. The average Bonchev–Trinajstić information content (AvgIpc) is 2.26. The molecule has 84 valence electrons. The maximum absolute atomic E-state index is 11.4. The molecule has 0 aromatic rings. The minimum atomic E-state index is 0.0592. The van der Waals surface area contributed by atoms with Crippen molar-refractivity contribution in [3.05, 3.63) is 11.6 Å². The minimum Gasteiger partial charge on any atom is -0.337 e. The van der Waals surface area contributed by atoms with Crippen LogP contribution in [0.3, 0.4) is 0 Å². The summed E-state index contributed by atoms with van der Waals surface area (Å²) in [5.74, 6) is 0. The fraction of sp³-hybridized carbons (Fsp3) is 0.750. The number of nitrogens with one attached hydrogen (secondary N) is 1. The van der Waals surface area contributed by atoms with Crippen LogP contribution in [0.2, 0.25) is 0 Å². The lowest BCUT2D eigenvalue weighted by atomic mass is 9.75. The van der Waals surface area contributed by atoms with Crippen LogP contribution < -0.4 is 5.32 Å². The highest BCUT2D eigenvalue weighted by molar-refractivity contribution is 5.75. The van der Waals surface area contributed by atoms with Crippen LogP contribution in [0, 0.1) is 5.41 Å². The van der Waals surface area contributed by atoms with E-state index >= 15 is 0 Å². The van der Waals surface area contributed by atoms with Gasteiger partial charge in [-0.05, 0) is 25.7 Å². The molecule has 1 fully saturated rings. The molecule has 0 aromatic carbocycles. The normalized spacial score (nSPS) is 32.3. The number of amides is 2. The van der Waals surface area contributed by atoms with Gasteiger partial charge in [0.15, 0.2) is 0 Å². The molecular weight excluding hydrogens is 188 g/mol. The largest absolute Gasteiger partial charge is 0.337 e. The van der Waals surface area contributed by atoms with E-state index in [-0.39, 0.29) is 11.4 Å². The van der Waals surface area contributed by atoms with Crippen molar-refractivity contribution < 1.29 is 4.79 Å². The van der Waals surface area contributed by atoms with E-state index in [1.807, 2.05) is 7.05 Å². The summed E-state index contributed by atoms with van der Waals surface area (Å²) in [5, 5.41) is 2.97. The molecule has 1 saturated heterocycles. The Labute approximate surface area is 91.5 Å². The van der Waals surface area contributed by atoms with E-state index in [0.29, 0.717) is 0 Å². The Morgan fingerprint density at radius 3 is 2.87 bits per heavy atom. The highest BCUT2D eigenvalue weighted by Gasteiger charge is 2.36. The molecule has 1 atom stereocenters. The summed E-state index contributed by atoms with van der Waals surface area (Å²) < 4.78 is 0. The lowest BCUT2D eigenvalue weighted by Gasteiger charge is -2.41. The summed E-state index contributed by atoms with van der Waals surface area (Å²) in [4.78, 5) is 13.2. The molecule has 0 unspecified atom stereocenters. The Balaban J connectivity index is 2.12. The molecule has 1 N–H and O–H groups in total. The maximum atomic E-state index is 11.4. The van der Waals surface area contributed by atoms with Crippen molar-refractivity contribution in [2.24, 2.45) is 5.41 Å². The standard InChI is InChI=1S/C12H20N2O/c1-12(10-6-4-3-5-7-10)8-13-11(15)14(2)9-12/h6H,3-5,7-9H2,1-2H3,(H,13,15)/t12-/m0/s1. The first kappa shape index (κ1) is 10.5. The molecule has 2 rings (SSSR count). The molecule has 15 heavy (non-hydrogen) atoms. The second-order valence-corrected chi connectivity index (χ2v) is 5.05. The van der Waals surface area contributed by atoms with Gasteiger partial charge < -0.3 is 10.2 Å². The lowest BCUT2D eigenvalue weighted by Crippen LogP contribution is -2.55. The second-order valence-electron chi connectivity index (χ2n) is 5.05. The molecule has 1 heterocycles. The van der Waals surface area contributed by atoms with E-state index < -0.39 is 0 Å². The molecule has 2 amide bonds. The monoisotopic (exact) mass is 208 g/mol. The highest BCUT2D eigenvalue weighted by Crippen LogP contribution is 2.35. The number of nitrogens with zero attached hydrogens (tertiary/aromatic N) is 1. The Bertz CT molecular complexity index is 298. The van der Waals surface area contributed by atoms with Gasteiger partial charge in [0.25, 0.3) is 0 Å². The third-order valence-electron chi connectivity index (χ3n) is 3.63. The van der Waals surface area contributed by atoms with Crippen LogP contribution in [-0.4, -0.2) is 31.1 Å². The summed E-state index contributed by atoms with van der Waals surface area (Å²) in [7, 11) is 1.87. The van der Waals surface area contributed by atoms with Gasteiger partial charge in [0.1, 0.15) is 0 Å². The SMILES string of the molecule is CN1C[C@@](C)(C2=CCCCC2)CNC1=O. The zero-order valence-corrected chi connectivity index (χ0v) is 9.68. The second kappa shape index (κ2) is 3.87. The van der Waals surface area contributed by atoms with Crippen LogP contribution in [0.1, 0.15) is 32.6 Å². The fourth-order valence-electron chi connectivity index (χ4n) is 2.66. The van der Waals surface area contributed by atoms with Gasteiger partial charge in [0.05, 0.1) is 0 Å². The molecule has 0 aromatic heterocycles. The number of carbonyl (C=O) groups is 1. The van der Waals surface area contributed by atoms with Crippen molar-refractivity contribution in [2.75, 3.05) is 20.1 Å². The predicted molar refractivity (Wildman–Crippen MR) is 60.7 cm³/mol. The van der Waals surface area contributed by atoms with Gasteiger partial charge in [0, 0.05) is 25.6 Å². The Kier molecular flexibility index (Phi) is 2.72. The van der Waals surface area contributed by atoms with Gasteiger partial charge in [-0.1, -0.05) is 18.6 Å². The molecule has 0 saturated carbocycles. The molecular formula is C12H20N2O. The predicted octanol–water partition coefficient (Wildman–Crippen LogP) is 2.15. The van der Waals surface area contributed by atoms with Crippen LogP contribution >= 0.6 is 0 Å². The topological polar surface area (TPSA) is 32.3 Å². The van der Waals surface area contributed by atoms with E-state index in [0.717, 1.165) is 13.1 Å². The van der Waals surface area contributed by atoms with Crippen LogP contribution in [0.5, 0.6) is 0 Å². The third kappa shape index (κ3) is 2.01. The van der Waals surface area contributed by atoms with E-state index in [2.05, 4.69) is 18.3 Å². The van der Waals surface area contributed by atoms with Crippen LogP contribution in [-0.2, 0) is 0 Å². The Morgan fingerprint density at radius 2 is 2.27 bits per heavy atom. The maximum Gasteiger partial charge on any atom is 0.317 e. The molecule has 3 nitrogen and oxygen atoms in total. The summed E-state index contributed by atoms with van der Waals surface area (Å²) >= 11 is 0. The molecule has 2 aliphatic rings. The lowest BCUT2D eigenvalue weighted by molar-refractivity contribution is 0.158. The van der Waals surface area contributed by atoms with Crippen LogP contribution in [0.15, 0.2) is 11.6 Å². The number of hydrogen-bond acceptors (Lipinski definition) is 1. The van der Waals surface area contributed by atoms with Crippen LogP contribution in [0.25, 0.3) is 0 Å². The first-order chi connectivity index (χ1) is 7.12. The number of allylic oxidation sites excluding steroid dienone is 1. The van der Waals surface area contributed by atoms with E-state index in [1.165, 1.54) is 25.7 Å². The van der Waals surface area contributed by atoms with Gasteiger partial charge in [-0.2, -0.15) is 0 Å². The number of urea groups is 1. The number of rotatable bonds is 1. The van der Waals surface area contributed by atoms with Gasteiger partial charge in [-0.15, -0.1) is 0 Å². The van der Waals surface area contributed by atoms with Crippen molar-refractivity contribution in [1.82, 2.24) is 10.2 Å². The van der Waals surface area contributed by atoms with Gasteiger partial charge in [-0.3, -0.25) is 0 Å². The average molecular weight is 208 g/mol. The molecule has 0 radical (unpaired) electrons. The smallest absolute Gasteiger partial charge is 0.317 e. The van der Waals surface area contributed by atoms with Gasteiger partial charge in [-0.25, -0.2) is 4.79 Å². The zero-order chi connectivity index (χ0) is 10.9. The summed E-state index contributed by atoms with van der Waals surface area (Å²) in [6.07, 6.45) is 7.43. The van der Waals surface area contributed by atoms with Gasteiger partial charge >= 0.3 is 6.03 Å². The van der Waals surface area contributed by atoms with E-state index in [1.54, 1.807) is 10.5 Å². The van der Waals surface area contributed by atoms with Gasteiger partial charge in [0.2, 0.25) is 0 Å². The van der Waals surface area contributed by atoms with Crippen molar-refractivity contribution in [3.8, 4) is 0 Å². The van der Waals surface area contributed by atoms with Crippen LogP contribution in [0.4, 0.5) is 4.79 Å². The molecule has 3 heteroatoms. The summed E-state index contributed by atoms with van der Waals surface area (Å²) in [6, 6.07) is 0.0592. The summed E-state index contributed by atoms with van der Waals surface area (Å²) in [6.45, 7) is 3.91. The van der Waals surface area contributed by atoms with E-state index in [9.17, 15) is 4.79 Å². The minimum absolute atomic E-state index is 0.0592. The van der Waals surface area contributed by atoms with Crippen molar-refractivity contribution >= 4 is 6.03 Å². The molecule has 0 spiro atoms. The Morgan fingerprint density at radius 1 is 1.47 bits per heavy atom.